The Morgan fingerprint density at radius 2 is 1.82 bits per heavy atom. The highest BCUT2D eigenvalue weighted by Gasteiger charge is 2.19. The van der Waals surface area contributed by atoms with Crippen molar-refractivity contribution in [2.24, 2.45) is 5.92 Å². The van der Waals surface area contributed by atoms with E-state index in [4.69, 9.17) is 0 Å². The van der Waals surface area contributed by atoms with Gasteiger partial charge in [0.25, 0.3) is 0 Å². The standard InChI is InChI=1S/C14H29N3/c1-13(2)12-17-10-8-16(9-11-17)7-5-14-4-3-6-15-14/h13-15H,3-12H2,1-2H3. The lowest BCUT2D eigenvalue weighted by Gasteiger charge is -2.35. The molecule has 2 aliphatic heterocycles. The Labute approximate surface area is 107 Å². The van der Waals surface area contributed by atoms with E-state index in [1.165, 1.54) is 65.1 Å². The molecule has 0 aromatic heterocycles. The second-order valence-corrected chi connectivity index (χ2v) is 6.12. The molecule has 0 amide bonds. The van der Waals surface area contributed by atoms with Gasteiger partial charge in [-0.2, -0.15) is 0 Å². The number of nitrogens with one attached hydrogen (secondary N) is 1. The van der Waals surface area contributed by atoms with Crippen LogP contribution in [0.5, 0.6) is 0 Å². The molecule has 3 nitrogen and oxygen atoms in total. The van der Waals surface area contributed by atoms with Gasteiger partial charge < -0.3 is 15.1 Å². The van der Waals surface area contributed by atoms with Crippen LogP contribution < -0.4 is 5.32 Å². The van der Waals surface area contributed by atoms with Crippen LogP contribution in [-0.2, 0) is 0 Å². The maximum atomic E-state index is 3.59. The molecule has 0 saturated carbocycles. The summed E-state index contributed by atoms with van der Waals surface area (Å²) in [5.41, 5.74) is 0. The Morgan fingerprint density at radius 3 is 2.41 bits per heavy atom. The van der Waals surface area contributed by atoms with Crippen LogP contribution in [0.4, 0.5) is 0 Å². The van der Waals surface area contributed by atoms with Gasteiger partial charge in [0.1, 0.15) is 0 Å². The minimum absolute atomic E-state index is 0.809. The zero-order valence-corrected chi connectivity index (χ0v) is 11.6. The SMILES string of the molecule is CC(C)CN1CCN(CCC2CCCN2)CC1. The van der Waals surface area contributed by atoms with Gasteiger partial charge in [0.05, 0.1) is 0 Å². The highest BCUT2D eigenvalue weighted by molar-refractivity contribution is 4.78. The minimum Gasteiger partial charge on any atom is -0.314 e. The minimum atomic E-state index is 0.809. The van der Waals surface area contributed by atoms with Gasteiger partial charge in [-0.15, -0.1) is 0 Å². The first-order valence-electron chi connectivity index (χ1n) is 7.42. The quantitative estimate of drug-likeness (QED) is 0.782. The molecule has 3 heteroatoms. The van der Waals surface area contributed by atoms with Crippen molar-refractivity contribution in [2.45, 2.75) is 39.2 Å². The first kappa shape index (κ1) is 13.3. The molecule has 1 unspecified atom stereocenters. The number of piperazine rings is 1. The van der Waals surface area contributed by atoms with E-state index in [0.717, 1.165) is 12.0 Å². The van der Waals surface area contributed by atoms with E-state index in [9.17, 15) is 0 Å². The van der Waals surface area contributed by atoms with Gasteiger partial charge in [-0.1, -0.05) is 13.8 Å². The zero-order chi connectivity index (χ0) is 12.1. The van der Waals surface area contributed by atoms with Crippen molar-refractivity contribution in [3.8, 4) is 0 Å². The monoisotopic (exact) mass is 239 g/mol. The van der Waals surface area contributed by atoms with Crippen LogP contribution in [0.2, 0.25) is 0 Å². The van der Waals surface area contributed by atoms with Crippen molar-refractivity contribution < 1.29 is 0 Å². The summed E-state index contributed by atoms with van der Waals surface area (Å²) < 4.78 is 0. The highest BCUT2D eigenvalue weighted by atomic mass is 15.3. The third-order valence-electron chi connectivity index (χ3n) is 4.04. The van der Waals surface area contributed by atoms with Crippen LogP contribution in [0.15, 0.2) is 0 Å². The molecule has 1 atom stereocenters. The van der Waals surface area contributed by atoms with Crippen LogP contribution in [0.25, 0.3) is 0 Å². The van der Waals surface area contributed by atoms with E-state index in [0.29, 0.717) is 0 Å². The molecular weight excluding hydrogens is 210 g/mol. The maximum Gasteiger partial charge on any atom is 0.0110 e. The smallest absolute Gasteiger partial charge is 0.0110 e. The van der Waals surface area contributed by atoms with E-state index in [1.807, 2.05) is 0 Å². The summed E-state index contributed by atoms with van der Waals surface area (Å²) in [5.74, 6) is 0.809. The van der Waals surface area contributed by atoms with Crippen LogP contribution in [0, 0.1) is 5.92 Å². The lowest BCUT2D eigenvalue weighted by Crippen LogP contribution is -2.48. The summed E-state index contributed by atoms with van der Waals surface area (Å²) in [5, 5.41) is 3.59. The molecule has 2 saturated heterocycles. The third kappa shape index (κ3) is 4.57. The molecule has 0 aromatic rings. The van der Waals surface area contributed by atoms with Gasteiger partial charge >= 0.3 is 0 Å². The van der Waals surface area contributed by atoms with Crippen LogP contribution in [-0.4, -0.2) is 61.7 Å². The molecule has 1 N–H and O–H groups in total. The first-order valence-corrected chi connectivity index (χ1v) is 7.42. The molecule has 100 valence electrons. The lowest BCUT2D eigenvalue weighted by atomic mass is 10.1. The highest BCUT2D eigenvalue weighted by Crippen LogP contribution is 2.11. The van der Waals surface area contributed by atoms with Crippen LogP contribution >= 0.6 is 0 Å². The van der Waals surface area contributed by atoms with E-state index in [1.54, 1.807) is 0 Å². The molecule has 0 bridgehead atoms. The topological polar surface area (TPSA) is 18.5 Å². The summed E-state index contributed by atoms with van der Waals surface area (Å²) in [7, 11) is 0. The molecular formula is C14H29N3. The largest absolute Gasteiger partial charge is 0.314 e. The van der Waals surface area contributed by atoms with E-state index < -0.39 is 0 Å². The van der Waals surface area contributed by atoms with Gasteiger partial charge in [0.2, 0.25) is 0 Å². The molecule has 17 heavy (non-hydrogen) atoms. The summed E-state index contributed by atoms with van der Waals surface area (Å²) in [6, 6.07) is 0.809. The predicted octanol–water partition coefficient (Wildman–Crippen LogP) is 1.40. The van der Waals surface area contributed by atoms with Crippen LogP contribution in [0.1, 0.15) is 33.1 Å². The Kier molecular flexibility index (Phi) is 5.26. The molecule has 2 rings (SSSR count). The zero-order valence-electron chi connectivity index (χ0n) is 11.6. The second-order valence-electron chi connectivity index (χ2n) is 6.12. The number of hydrogen-bond acceptors (Lipinski definition) is 3. The van der Waals surface area contributed by atoms with Crippen LogP contribution in [0.3, 0.4) is 0 Å². The van der Waals surface area contributed by atoms with Gasteiger partial charge in [0.15, 0.2) is 0 Å². The molecule has 2 heterocycles. The van der Waals surface area contributed by atoms with Crippen molar-refractivity contribution >= 4 is 0 Å². The summed E-state index contributed by atoms with van der Waals surface area (Å²) in [6.45, 7) is 13.6. The second kappa shape index (κ2) is 6.72. The van der Waals surface area contributed by atoms with Crippen molar-refractivity contribution in [3.63, 3.8) is 0 Å². The van der Waals surface area contributed by atoms with Gasteiger partial charge in [0, 0.05) is 38.8 Å². The maximum absolute atomic E-state index is 3.59. The Hall–Kier alpha value is -0.120. The van der Waals surface area contributed by atoms with Gasteiger partial charge in [-0.3, -0.25) is 0 Å². The lowest BCUT2D eigenvalue weighted by molar-refractivity contribution is 0.119. The number of hydrogen-bond donors (Lipinski definition) is 1. The average molecular weight is 239 g/mol. The molecule has 0 aliphatic carbocycles. The van der Waals surface area contributed by atoms with E-state index in [2.05, 4.69) is 29.0 Å². The van der Waals surface area contributed by atoms with Crippen molar-refractivity contribution in [1.29, 1.82) is 0 Å². The van der Waals surface area contributed by atoms with Gasteiger partial charge in [-0.25, -0.2) is 0 Å². The molecule has 0 radical (unpaired) electrons. The summed E-state index contributed by atoms with van der Waals surface area (Å²) in [6.07, 6.45) is 4.13. The van der Waals surface area contributed by atoms with Gasteiger partial charge in [-0.05, 0) is 38.3 Å². The fraction of sp³-hybridized carbons (Fsp3) is 1.00. The summed E-state index contributed by atoms with van der Waals surface area (Å²) in [4.78, 5) is 5.27. The Morgan fingerprint density at radius 1 is 1.12 bits per heavy atom. The van der Waals surface area contributed by atoms with Crippen molar-refractivity contribution in [1.82, 2.24) is 15.1 Å². The van der Waals surface area contributed by atoms with Crippen molar-refractivity contribution in [3.05, 3.63) is 0 Å². The molecule has 2 fully saturated rings. The molecule has 0 aromatic carbocycles. The number of nitrogens with zero attached hydrogens (tertiary/aromatic N) is 2. The third-order valence-corrected chi connectivity index (χ3v) is 4.04. The number of rotatable bonds is 5. The Bertz CT molecular complexity index is 204. The Balaban J connectivity index is 1.58. The van der Waals surface area contributed by atoms with E-state index >= 15 is 0 Å². The normalized spacial score (nSPS) is 28.1. The molecule has 0 spiro atoms. The fourth-order valence-corrected chi connectivity index (χ4v) is 3.05. The predicted molar refractivity (Wildman–Crippen MR) is 73.4 cm³/mol. The van der Waals surface area contributed by atoms with Crippen molar-refractivity contribution in [2.75, 3.05) is 45.8 Å². The summed E-state index contributed by atoms with van der Waals surface area (Å²) >= 11 is 0. The fourth-order valence-electron chi connectivity index (χ4n) is 3.05. The van der Waals surface area contributed by atoms with E-state index in [-0.39, 0.29) is 0 Å². The first-order chi connectivity index (χ1) is 8.24. The average Bonchev–Trinajstić information content (AvgIpc) is 2.80. The molecule has 2 aliphatic rings.